The fraction of sp³-hybridized carbons (Fsp3) is 0. The highest BCUT2D eigenvalue weighted by molar-refractivity contribution is 7.25. The molecule has 13 rings (SSSR count). The Hall–Kier alpha value is -8.64. The monoisotopic (exact) mass is 872 g/mol. The normalized spacial score (nSPS) is 11.6. The molecule has 5 heteroatoms. The van der Waals surface area contributed by atoms with Gasteiger partial charge in [-0.15, -0.1) is 11.3 Å². The number of aromatic nitrogens is 3. The van der Waals surface area contributed by atoms with Crippen LogP contribution in [0.25, 0.3) is 103 Å². The van der Waals surface area contributed by atoms with Gasteiger partial charge in [0.2, 0.25) is 0 Å². The van der Waals surface area contributed by atoms with E-state index >= 15 is 0 Å². The molecule has 0 aliphatic carbocycles. The summed E-state index contributed by atoms with van der Waals surface area (Å²) in [5, 5.41) is 6.05. The summed E-state index contributed by atoms with van der Waals surface area (Å²) >= 11 is 1.85. The zero-order valence-corrected chi connectivity index (χ0v) is 37.1. The van der Waals surface area contributed by atoms with E-state index < -0.39 is 0 Å². The summed E-state index contributed by atoms with van der Waals surface area (Å²) in [5.74, 6) is 0.714. The number of hydrogen-bond acceptors (Lipinski definition) is 4. The first-order valence-electron chi connectivity index (χ1n) is 22.6. The van der Waals surface area contributed by atoms with Gasteiger partial charge < -0.3 is 9.47 Å². The van der Waals surface area contributed by atoms with E-state index in [4.69, 9.17) is 9.97 Å². The summed E-state index contributed by atoms with van der Waals surface area (Å²) in [4.78, 5) is 12.5. The lowest BCUT2D eigenvalue weighted by Gasteiger charge is -2.26. The average molecular weight is 873 g/mol. The molecule has 0 atom stereocenters. The van der Waals surface area contributed by atoms with Gasteiger partial charge in [-0.05, 0) is 101 Å². The lowest BCUT2D eigenvalue weighted by Crippen LogP contribution is -2.10. The van der Waals surface area contributed by atoms with E-state index in [-0.39, 0.29) is 0 Å². The van der Waals surface area contributed by atoms with Crippen molar-refractivity contribution < 1.29 is 0 Å². The Morgan fingerprint density at radius 3 is 1.64 bits per heavy atom. The molecule has 0 saturated carbocycles. The fourth-order valence-corrected chi connectivity index (χ4v) is 10.8. The molecule has 0 aliphatic heterocycles. The van der Waals surface area contributed by atoms with Gasteiger partial charge in [-0.1, -0.05) is 164 Å². The zero-order chi connectivity index (χ0) is 44.3. The molecule has 13 aromatic rings. The van der Waals surface area contributed by atoms with Gasteiger partial charge in [0.25, 0.3) is 0 Å². The van der Waals surface area contributed by atoms with E-state index in [0.29, 0.717) is 5.82 Å². The molecule has 314 valence electrons. The maximum Gasteiger partial charge on any atom is 0.160 e. The first-order chi connectivity index (χ1) is 33.2. The number of thiophene rings is 1. The molecule has 0 spiro atoms. The predicted octanol–water partition coefficient (Wildman–Crippen LogP) is 17.2. The maximum absolute atomic E-state index is 5.12. The Balaban J connectivity index is 0.887. The number of nitrogens with zero attached hydrogens (tertiary/aromatic N) is 4. The van der Waals surface area contributed by atoms with E-state index in [1.54, 1.807) is 0 Å². The van der Waals surface area contributed by atoms with Crippen molar-refractivity contribution >= 4 is 81.3 Å². The van der Waals surface area contributed by atoms with Crippen LogP contribution in [0.5, 0.6) is 0 Å². The van der Waals surface area contributed by atoms with Gasteiger partial charge in [0.1, 0.15) is 0 Å². The summed E-state index contributed by atoms with van der Waals surface area (Å²) < 4.78 is 5.00. The van der Waals surface area contributed by atoms with E-state index in [0.717, 1.165) is 67.1 Å². The molecule has 0 radical (unpaired) electrons. The van der Waals surface area contributed by atoms with Gasteiger partial charge in [-0.3, -0.25) is 0 Å². The highest BCUT2D eigenvalue weighted by atomic mass is 32.1. The third kappa shape index (κ3) is 6.84. The van der Waals surface area contributed by atoms with Crippen molar-refractivity contribution in [3.05, 3.63) is 243 Å². The van der Waals surface area contributed by atoms with Crippen LogP contribution in [-0.4, -0.2) is 14.5 Å². The van der Waals surface area contributed by atoms with E-state index in [1.807, 2.05) is 29.5 Å². The van der Waals surface area contributed by atoms with Crippen molar-refractivity contribution in [3.8, 4) is 50.6 Å². The van der Waals surface area contributed by atoms with Crippen molar-refractivity contribution in [2.45, 2.75) is 0 Å². The summed E-state index contributed by atoms with van der Waals surface area (Å²) in [5.41, 5.74) is 15.3. The zero-order valence-electron chi connectivity index (χ0n) is 36.3. The smallest absolute Gasteiger partial charge is 0.160 e. The van der Waals surface area contributed by atoms with Gasteiger partial charge >= 0.3 is 0 Å². The van der Waals surface area contributed by atoms with Gasteiger partial charge in [-0.2, -0.15) is 0 Å². The highest BCUT2D eigenvalue weighted by Gasteiger charge is 2.18. The van der Waals surface area contributed by atoms with Crippen molar-refractivity contribution in [1.82, 2.24) is 14.5 Å². The Bertz CT molecular complexity index is 3950. The summed E-state index contributed by atoms with van der Waals surface area (Å²) in [6.45, 7) is 0. The number of para-hydroxylation sites is 2. The molecule has 0 aliphatic rings. The Kier molecular flexibility index (Phi) is 9.32. The number of fused-ring (bicyclic) bond motifs is 7. The van der Waals surface area contributed by atoms with Crippen molar-refractivity contribution in [2.24, 2.45) is 0 Å². The number of anilines is 3. The summed E-state index contributed by atoms with van der Waals surface area (Å²) in [6.07, 6.45) is 0. The standard InChI is InChI=1S/C62H40N4S/c1-3-13-41(14-4-1)42-27-30-47(31-28-42)65(50-36-38-60-55(40-50)53-18-9-12-22-59(53)67-60)48-32-34-49(35-33-48)66-57-21-11-8-17-51(57)52-37-29-46(39-58(52)66)43-23-25-45(26-24-43)62-63-56-20-10-7-19-54(56)61(64-62)44-15-5-2-6-16-44/h1-40H. The topological polar surface area (TPSA) is 34.0 Å². The molecule has 4 nitrogen and oxygen atoms in total. The minimum atomic E-state index is 0.714. The minimum Gasteiger partial charge on any atom is -0.310 e. The SMILES string of the molecule is c1ccc(-c2ccc(N(c3ccc(-n4c5ccccc5c5ccc(-c6ccc(-c7nc(-c8ccccc8)c8ccccc8n7)cc6)cc54)cc3)c3ccc4sc5ccccc5c4c3)cc2)cc1. The van der Waals surface area contributed by atoms with Crippen molar-refractivity contribution in [1.29, 1.82) is 0 Å². The quantitative estimate of drug-likeness (QED) is 0.153. The molecular formula is C62H40N4S. The molecule has 67 heavy (non-hydrogen) atoms. The van der Waals surface area contributed by atoms with Gasteiger partial charge in [0, 0.05) is 70.2 Å². The maximum atomic E-state index is 5.12. The Labute approximate surface area is 391 Å². The van der Waals surface area contributed by atoms with Crippen LogP contribution < -0.4 is 4.90 Å². The van der Waals surface area contributed by atoms with Crippen LogP contribution in [0.1, 0.15) is 0 Å². The van der Waals surface area contributed by atoms with Crippen LogP contribution in [0, 0.1) is 0 Å². The molecule has 0 unspecified atom stereocenters. The first-order valence-corrected chi connectivity index (χ1v) is 23.5. The Morgan fingerprint density at radius 1 is 0.328 bits per heavy atom. The lowest BCUT2D eigenvalue weighted by molar-refractivity contribution is 1.17. The van der Waals surface area contributed by atoms with E-state index in [9.17, 15) is 0 Å². The first kappa shape index (κ1) is 38.8. The largest absolute Gasteiger partial charge is 0.310 e. The molecule has 0 amide bonds. The summed E-state index contributed by atoms with van der Waals surface area (Å²) in [6, 6.07) is 87.0. The van der Waals surface area contributed by atoms with Gasteiger partial charge in [-0.25, -0.2) is 9.97 Å². The minimum absolute atomic E-state index is 0.714. The van der Waals surface area contributed by atoms with E-state index in [1.165, 1.54) is 47.6 Å². The average Bonchev–Trinajstić information content (AvgIpc) is 3.94. The van der Waals surface area contributed by atoms with Crippen LogP contribution in [-0.2, 0) is 0 Å². The van der Waals surface area contributed by atoms with Crippen LogP contribution in [0.4, 0.5) is 17.1 Å². The van der Waals surface area contributed by atoms with Crippen molar-refractivity contribution in [2.75, 3.05) is 4.90 Å². The van der Waals surface area contributed by atoms with Crippen LogP contribution in [0.3, 0.4) is 0 Å². The fourth-order valence-electron chi connectivity index (χ4n) is 9.75. The number of benzene rings is 10. The van der Waals surface area contributed by atoms with E-state index in [2.05, 4.69) is 234 Å². The second-order valence-electron chi connectivity index (χ2n) is 17.0. The highest BCUT2D eigenvalue weighted by Crippen LogP contribution is 2.42. The molecule has 10 aromatic carbocycles. The van der Waals surface area contributed by atoms with Gasteiger partial charge in [0.05, 0.1) is 22.2 Å². The van der Waals surface area contributed by atoms with Crippen molar-refractivity contribution in [3.63, 3.8) is 0 Å². The predicted molar refractivity (Wildman–Crippen MR) is 283 cm³/mol. The Morgan fingerprint density at radius 2 is 0.866 bits per heavy atom. The third-order valence-corrected chi connectivity index (χ3v) is 14.2. The third-order valence-electron chi connectivity index (χ3n) is 13.0. The molecule has 0 fully saturated rings. The van der Waals surface area contributed by atoms with Crippen LogP contribution >= 0.6 is 11.3 Å². The molecule has 0 bridgehead atoms. The van der Waals surface area contributed by atoms with Crippen LogP contribution in [0.2, 0.25) is 0 Å². The second-order valence-corrected chi connectivity index (χ2v) is 18.1. The van der Waals surface area contributed by atoms with Crippen LogP contribution in [0.15, 0.2) is 243 Å². The second kappa shape index (κ2) is 16.1. The summed E-state index contributed by atoms with van der Waals surface area (Å²) in [7, 11) is 0. The molecule has 0 N–H and O–H groups in total. The number of hydrogen-bond donors (Lipinski definition) is 0. The molecule has 3 heterocycles. The number of rotatable bonds is 8. The molecule has 3 aromatic heterocycles. The molecule has 0 saturated heterocycles. The molecular weight excluding hydrogens is 833 g/mol. The lowest BCUT2D eigenvalue weighted by atomic mass is 10.0. The van der Waals surface area contributed by atoms with Gasteiger partial charge in [0.15, 0.2) is 5.82 Å².